The fourth-order valence-electron chi connectivity index (χ4n) is 3.82. The maximum Gasteiger partial charge on any atom is 0.193 e. The number of aliphatic imine (C=N–C) groups is 1. The van der Waals surface area contributed by atoms with Gasteiger partial charge in [-0.3, -0.25) is 4.99 Å². The van der Waals surface area contributed by atoms with E-state index in [1.54, 1.807) is 7.11 Å². The molecule has 2 saturated heterocycles. The predicted octanol–water partition coefficient (Wildman–Crippen LogP) is 2.30. The van der Waals surface area contributed by atoms with Gasteiger partial charge in [-0.05, 0) is 31.2 Å². The van der Waals surface area contributed by atoms with Gasteiger partial charge in [0.05, 0.1) is 12.8 Å². The van der Waals surface area contributed by atoms with Gasteiger partial charge in [0.2, 0.25) is 0 Å². The van der Waals surface area contributed by atoms with Crippen LogP contribution in [0.3, 0.4) is 0 Å². The Labute approximate surface area is 167 Å². The highest BCUT2D eigenvalue weighted by Gasteiger charge is 2.32. The monoisotopic (exact) mass is 392 g/mol. The summed E-state index contributed by atoms with van der Waals surface area (Å²) in [5.41, 5.74) is 1.17. The summed E-state index contributed by atoms with van der Waals surface area (Å²) in [5.74, 6) is 1.95. The Kier molecular flexibility index (Phi) is 7.13. The molecule has 27 heavy (non-hydrogen) atoms. The molecule has 0 radical (unpaired) electrons. The smallest absolute Gasteiger partial charge is 0.193 e. The number of nitrogens with one attached hydrogen (secondary N) is 1. The Morgan fingerprint density at radius 3 is 2.56 bits per heavy atom. The number of hydrogen-bond donors (Lipinski definition) is 1. The summed E-state index contributed by atoms with van der Waals surface area (Å²) in [6.45, 7) is 6.49. The number of ether oxygens (including phenoxy) is 2. The van der Waals surface area contributed by atoms with E-state index in [9.17, 15) is 0 Å². The van der Waals surface area contributed by atoms with Crippen LogP contribution in [0.4, 0.5) is 5.69 Å². The lowest BCUT2D eigenvalue weighted by Gasteiger charge is -2.40. The van der Waals surface area contributed by atoms with Crippen LogP contribution < -0.4 is 15.0 Å². The van der Waals surface area contributed by atoms with E-state index in [1.165, 1.54) is 5.69 Å². The third-order valence-electron chi connectivity index (χ3n) is 5.62. The normalized spacial score (nSPS) is 20.5. The van der Waals surface area contributed by atoms with E-state index in [4.69, 9.17) is 9.47 Å². The molecule has 1 aromatic rings. The van der Waals surface area contributed by atoms with Gasteiger partial charge in [0.1, 0.15) is 5.75 Å². The maximum absolute atomic E-state index is 5.55. The molecule has 0 spiro atoms. The highest BCUT2D eigenvalue weighted by atomic mass is 32.2. The Bertz CT molecular complexity index is 626. The summed E-state index contributed by atoms with van der Waals surface area (Å²) < 4.78 is 11.3. The molecule has 0 aromatic heterocycles. The molecule has 0 aliphatic carbocycles. The van der Waals surface area contributed by atoms with E-state index in [0.717, 1.165) is 70.5 Å². The predicted molar refractivity (Wildman–Crippen MR) is 114 cm³/mol. The van der Waals surface area contributed by atoms with Crippen molar-refractivity contribution in [3.05, 3.63) is 24.3 Å². The number of thioether (sulfide) groups is 1. The lowest BCUT2D eigenvalue weighted by Crippen LogP contribution is -2.55. The number of anilines is 1. The summed E-state index contributed by atoms with van der Waals surface area (Å²) in [5, 5.41) is 3.63. The number of methoxy groups -OCH3 is 1. The average molecular weight is 393 g/mol. The molecule has 0 saturated carbocycles. The zero-order valence-electron chi connectivity index (χ0n) is 16.7. The summed E-state index contributed by atoms with van der Waals surface area (Å²) in [7, 11) is 3.61. The summed E-state index contributed by atoms with van der Waals surface area (Å²) in [6.07, 6.45) is 4.40. The van der Waals surface area contributed by atoms with Gasteiger partial charge < -0.3 is 24.6 Å². The second-order valence-electron chi connectivity index (χ2n) is 7.05. The molecule has 2 aliphatic heterocycles. The Hall–Kier alpha value is -1.60. The van der Waals surface area contributed by atoms with Crippen molar-refractivity contribution in [2.45, 2.75) is 17.6 Å². The molecule has 2 heterocycles. The third kappa shape index (κ3) is 4.82. The van der Waals surface area contributed by atoms with Crippen molar-refractivity contribution >= 4 is 23.4 Å². The minimum atomic E-state index is 0.257. The van der Waals surface area contributed by atoms with Crippen LogP contribution in [-0.2, 0) is 4.74 Å². The summed E-state index contributed by atoms with van der Waals surface area (Å²) >= 11 is 1.96. The van der Waals surface area contributed by atoms with Gasteiger partial charge in [0.25, 0.3) is 0 Å². The minimum Gasteiger partial charge on any atom is -0.495 e. The molecular weight excluding hydrogens is 360 g/mol. The number of nitrogens with zero attached hydrogens (tertiary/aromatic N) is 3. The topological polar surface area (TPSA) is 49.3 Å². The molecule has 0 atom stereocenters. The first-order chi connectivity index (χ1) is 13.2. The standard InChI is InChI=1S/C20H32N4O2S/c1-21-19(22-16-20(27-3)8-14-26-15-9-20)24-12-10-23(11-13-24)17-6-4-5-7-18(17)25-2/h4-7H,8-16H2,1-3H3,(H,21,22). The van der Waals surface area contributed by atoms with Crippen LogP contribution in [0.15, 0.2) is 29.3 Å². The number of benzene rings is 1. The van der Waals surface area contributed by atoms with Gasteiger partial charge in [-0.25, -0.2) is 0 Å². The number of rotatable bonds is 5. The highest BCUT2D eigenvalue weighted by molar-refractivity contribution is 8.00. The lowest BCUT2D eigenvalue weighted by molar-refractivity contribution is 0.0781. The van der Waals surface area contributed by atoms with Crippen molar-refractivity contribution in [1.82, 2.24) is 10.2 Å². The number of piperazine rings is 1. The van der Waals surface area contributed by atoms with Crippen LogP contribution in [0, 0.1) is 0 Å². The van der Waals surface area contributed by atoms with Crippen molar-refractivity contribution in [3.63, 3.8) is 0 Å². The lowest BCUT2D eigenvalue weighted by atomic mass is 9.99. The molecular formula is C20H32N4O2S. The molecule has 7 heteroatoms. The van der Waals surface area contributed by atoms with Crippen LogP contribution in [0.5, 0.6) is 5.75 Å². The molecule has 1 N–H and O–H groups in total. The van der Waals surface area contributed by atoms with Crippen LogP contribution in [0.2, 0.25) is 0 Å². The van der Waals surface area contributed by atoms with E-state index >= 15 is 0 Å². The van der Waals surface area contributed by atoms with E-state index < -0.39 is 0 Å². The maximum atomic E-state index is 5.55. The molecule has 0 unspecified atom stereocenters. The number of para-hydroxylation sites is 2. The molecule has 1 aromatic carbocycles. The first-order valence-corrected chi connectivity index (χ1v) is 10.9. The second-order valence-corrected chi connectivity index (χ2v) is 8.32. The first kappa shape index (κ1) is 20.1. The zero-order chi connectivity index (χ0) is 19.1. The van der Waals surface area contributed by atoms with Crippen LogP contribution >= 0.6 is 11.8 Å². The van der Waals surface area contributed by atoms with Crippen molar-refractivity contribution < 1.29 is 9.47 Å². The Morgan fingerprint density at radius 1 is 1.22 bits per heavy atom. The van der Waals surface area contributed by atoms with E-state index in [1.807, 2.05) is 30.9 Å². The van der Waals surface area contributed by atoms with Gasteiger partial charge in [-0.15, -0.1) is 0 Å². The van der Waals surface area contributed by atoms with E-state index in [0.29, 0.717) is 0 Å². The van der Waals surface area contributed by atoms with Crippen LogP contribution in [-0.4, -0.2) is 82.0 Å². The fourth-order valence-corrected chi connectivity index (χ4v) is 4.61. The highest BCUT2D eigenvalue weighted by Crippen LogP contribution is 2.33. The molecule has 2 aliphatic rings. The molecule has 6 nitrogen and oxygen atoms in total. The largest absolute Gasteiger partial charge is 0.495 e. The third-order valence-corrected chi connectivity index (χ3v) is 7.04. The molecule has 0 amide bonds. The molecule has 0 bridgehead atoms. The first-order valence-electron chi connectivity index (χ1n) is 9.68. The SMILES string of the molecule is CN=C(NCC1(SC)CCOCC1)N1CCN(c2ccccc2OC)CC1. The van der Waals surface area contributed by atoms with Crippen molar-refractivity contribution in [3.8, 4) is 5.75 Å². The summed E-state index contributed by atoms with van der Waals surface area (Å²) in [4.78, 5) is 9.29. The van der Waals surface area contributed by atoms with Crippen molar-refractivity contribution in [2.24, 2.45) is 4.99 Å². The molecule has 2 fully saturated rings. The molecule has 3 rings (SSSR count). The van der Waals surface area contributed by atoms with Gasteiger partial charge in [0, 0.05) is 57.7 Å². The zero-order valence-corrected chi connectivity index (χ0v) is 17.6. The minimum absolute atomic E-state index is 0.257. The van der Waals surface area contributed by atoms with Gasteiger partial charge in [-0.2, -0.15) is 11.8 Å². The number of guanidine groups is 1. The van der Waals surface area contributed by atoms with Crippen LogP contribution in [0.1, 0.15) is 12.8 Å². The Balaban J connectivity index is 1.56. The van der Waals surface area contributed by atoms with Gasteiger partial charge in [-0.1, -0.05) is 12.1 Å². The van der Waals surface area contributed by atoms with E-state index in [2.05, 4.69) is 38.5 Å². The quantitative estimate of drug-likeness (QED) is 0.613. The van der Waals surface area contributed by atoms with Gasteiger partial charge in [0.15, 0.2) is 5.96 Å². The van der Waals surface area contributed by atoms with Crippen molar-refractivity contribution in [1.29, 1.82) is 0 Å². The average Bonchev–Trinajstić information content (AvgIpc) is 2.75. The van der Waals surface area contributed by atoms with Crippen molar-refractivity contribution in [2.75, 3.05) is 71.3 Å². The number of hydrogen-bond acceptors (Lipinski definition) is 5. The molecule has 150 valence electrons. The summed E-state index contributed by atoms with van der Waals surface area (Å²) in [6, 6.07) is 8.25. The second kappa shape index (κ2) is 9.55. The fraction of sp³-hybridized carbons (Fsp3) is 0.650. The van der Waals surface area contributed by atoms with Gasteiger partial charge >= 0.3 is 0 Å². The van der Waals surface area contributed by atoms with E-state index in [-0.39, 0.29) is 4.75 Å². The Morgan fingerprint density at radius 2 is 1.93 bits per heavy atom. The van der Waals surface area contributed by atoms with Crippen LogP contribution in [0.25, 0.3) is 0 Å².